The zero-order valence-corrected chi connectivity index (χ0v) is 17.3. The molecule has 28 heavy (non-hydrogen) atoms. The summed E-state index contributed by atoms with van der Waals surface area (Å²) in [5.74, 6) is 2.10. The summed E-state index contributed by atoms with van der Waals surface area (Å²) in [6.45, 7) is 4.60. The van der Waals surface area contributed by atoms with Gasteiger partial charge in [-0.25, -0.2) is 0 Å². The quantitative estimate of drug-likeness (QED) is 0.411. The summed E-state index contributed by atoms with van der Waals surface area (Å²) in [7, 11) is 0. The van der Waals surface area contributed by atoms with E-state index in [2.05, 4.69) is 10.5 Å². The molecule has 3 rings (SSSR count). The maximum absolute atomic E-state index is 12.6. The molecule has 2 aromatic carbocycles. The van der Waals surface area contributed by atoms with Crippen molar-refractivity contribution in [2.75, 3.05) is 13.2 Å². The molecule has 0 aliphatic rings. The van der Waals surface area contributed by atoms with Gasteiger partial charge in [0.05, 0.1) is 17.8 Å². The van der Waals surface area contributed by atoms with E-state index in [0.29, 0.717) is 35.2 Å². The lowest BCUT2D eigenvalue weighted by Crippen LogP contribution is -2.28. The Bertz CT molecular complexity index is 922. The molecule has 1 heterocycles. The number of benzene rings is 2. The molecule has 0 fully saturated rings. The summed E-state index contributed by atoms with van der Waals surface area (Å²) in [6, 6.07) is 14.7. The minimum atomic E-state index is -0.124. The molecular formula is C21H21ClN2O3S. The highest BCUT2D eigenvalue weighted by atomic mass is 35.5. The summed E-state index contributed by atoms with van der Waals surface area (Å²) in [6.07, 6.45) is 0. The summed E-state index contributed by atoms with van der Waals surface area (Å²) in [5, 5.41) is 7.54. The molecule has 146 valence electrons. The second-order valence-electron chi connectivity index (χ2n) is 6.15. The van der Waals surface area contributed by atoms with Crippen LogP contribution in [0.3, 0.4) is 0 Å². The van der Waals surface area contributed by atoms with Gasteiger partial charge in [0.25, 0.3) is 5.91 Å². The fourth-order valence-corrected chi connectivity index (χ4v) is 3.93. The lowest BCUT2D eigenvalue weighted by Gasteiger charge is -2.11. The van der Waals surface area contributed by atoms with Gasteiger partial charge in [0, 0.05) is 21.2 Å². The molecule has 1 aromatic heterocycles. The Hall–Kier alpha value is -2.44. The number of hydrogen-bond acceptors (Lipinski definition) is 5. The smallest absolute Gasteiger partial charge is 0.252 e. The first-order valence-electron chi connectivity index (χ1n) is 8.84. The molecular weight excluding hydrogens is 396 g/mol. The lowest BCUT2D eigenvalue weighted by molar-refractivity contribution is 0.0944. The molecule has 1 amide bonds. The number of rotatable bonds is 8. The van der Waals surface area contributed by atoms with Crippen molar-refractivity contribution in [2.24, 2.45) is 0 Å². The molecule has 3 aromatic rings. The van der Waals surface area contributed by atoms with E-state index >= 15 is 0 Å². The van der Waals surface area contributed by atoms with Gasteiger partial charge in [-0.05, 0) is 50.2 Å². The minimum absolute atomic E-state index is 0.124. The van der Waals surface area contributed by atoms with Gasteiger partial charge in [-0.15, -0.1) is 11.8 Å². The Balaban J connectivity index is 1.54. The van der Waals surface area contributed by atoms with Crippen molar-refractivity contribution >= 4 is 29.3 Å². The molecule has 0 aliphatic carbocycles. The van der Waals surface area contributed by atoms with E-state index < -0.39 is 0 Å². The van der Waals surface area contributed by atoms with Gasteiger partial charge in [-0.1, -0.05) is 28.9 Å². The van der Waals surface area contributed by atoms with Gasteiger partial charge in [-0.2, -0.15) is 0 Å². The van der Waals surface area contributed by atoms with Crippen LogP contribution in [0.1, 0.15) is 27.4 Å². The van der Waals surface area contributed by atoms with Crippen LogP contribution in [0.5, 0.6) is 5.75 Å². The Morgan fingerprint density at radius 2 is 1.93 bits per heavy atom. The zero-order valence-electron chi connectivity index (χ0n) is 15.7. The highest BCUT2D eigenvalue weighted by Gasteiger charge is 2.14. The van der Waals surface area contributed by atoms with Gasteiger partial charge < -0.3 is 14.6 Å². The number of nitrogens with zero attached hydrogens (tertiary/aromatic N) is 1. The molecule has 0 atom stereocenters. The third-order valence-corrected chi connectivity index (χ3v) is 5.51. The largest absolute Gasteiger partial charge is 0.492 e. The Morgan fingerprint density at radius 1 is 1.18 bits per heavy atom. The Kier molecular flexibility index (Phi) is 7.01. The van der Waals surface area contributed by atoms with Crippen LogP contribution in [0.2, 0.25) is 5.02 Å². The van der Waals surface area contributed by atoms with Crippen LogP contribution in [0.25, 0.3) is 0 Å². The predicted molar refractivity (Wildman–Crippen MR) is 111 cm³/mol. The summed E-state index contributed by atoms with van der Waals surface area (Å²) >= 11 is 7.44. The van der Waals surface area contributed by atoms with Crippen LogP contribution in [-0.2, 0) is 5.75 Å². The highest BCUT2D eigenvalue weighted by molar-refractivity contribution is 7.98. The van der Waals surface area contributed by atoms with Crippen molar-refractivity contribution in [1.82, 2.24) is 10.5 Å². The van der Waals surface area contributed by atoms with Gasteiger partial charge in [0.2, 0.25) is 0 Å². The Morgan fingerprint density at radius 3 is 2.64 bits per heavy atom. The Labute approximate surface area is 173 Å². The third-order valence-electron chi connectivity index (χ3n) is 4.15. The number of ether oxygens (including phenoxy) is 1. The van der Waals surface area contributed by atoms with Crippen molar-refractivity contribution in [3.05, 3.63) is 76.1 Å². The molecule has 0 saturated carbocycles. The van der Waals surface area contributed by atoms with Crippen molar-refractivity contribution in [3.63, 3.8) is 0 Å². The van der Waals surface area contributed by atoms with Crippen LogP contribution in [0.15, 0.2) is 57.9 Å². The maximum atomic E-state index is 12.6. The van der Waals surface area contributed by atoms with E-state index in [0.717, 1.165) is 21.9 Å². The van der Waals surface area contributed by atoms with Crippen LogP contribution in [0.4, 0.5) is 0 Å². The standard InChI is InChI=1S/C21H21ClN2O3S/c1-14-19(15(2)27-24-14)13-28-20-6-4-3-5-18(20)21(25)23-11-12-26-17-9-7-16(22)8-10-17/h3-10H,11-13H2,1-2H3,(H,23,25). The van der Waals surface area contributed by atoms with Crippen molar-refractivity contribution < 1.29 is 14.1 Å². The van der Waals surface area contributed by atoms with Gasteiger partial charge in [0.15, 0.2) is 0 Å². The number of aromatic nitrogens is 1. The average molecular weight is 417 g/mol. The number of aryl methyl sites for hydroxylation is 2. The minimum Gasteiger partial charge on any atom is -0.492 e. The molecule has 1 N–H and O–H groups in total. The number of nitrogens with one attached hydrogen (secondary N) is 1. The number of carbonyl (C=O) groups is 1. The maximum Gasteiger partial charge on any atom is 0.252 e. The fraction of sp³-hybridized carbons (Fsp3) is 0.238. The highest BCUT2D eigenvalue weighted by Crippen LogP contribution is 2.28. The first kappa shape index (κ1) is 20.3. The number of carbonyl (C=O) groups excluding carboxylic acids is 1. The van der Waals surface area contributed by atoms with E-state index in [4.69, 9.17) is 20.9 Å². The van der Waals surface area contributed by atoms with E-state index in [1.54, 1.807) is 36.0 Å². The molecule has 0 bridgehead atoms. The molecule has 0 aliphatic heterocycles. The van der Waals surface area contributed by atoms with Crippen LogP contribution < -0.4 is 10.1 Å². The summed E-state index contributed by atoms with van der Waals surface area (Å²) < 4.78 is 10.8. The monoisotopic (exact) mass is 416 g/mol. The normalized spacial score (nSPS) is 10.7. The SMILES string of the molecule is Cc1noc(C)c1CSc1ccccc1C(=O)NCCOc1ccc(Cl)cc1. The van der Waals surface area contributed by atoms with Gasteiger partial charge in [0.1, 0.15) is 18.1 Å². The van der Waals surface area contributed by atoms with E-state index in [9.17, 15) is 4.79 Å². The predicted octanol–water partition coefficient (Wildman–Crippen LogP) is 5.05. The molecule has 0 saturated heterocycles. The average Bonchev–Trinajstić information content (AvgIpc) is 3.02. The van der Waals surface area contributed by atoms with Crippen molar-refractivity contribution in [2.45, 2.75) is 24.5 Å². The number of amides is 1. The van der Waals surface area contributed by atoms with Crippen LogP contribution >= 0.6 is 23.4 Å². The molecule has 0 unspecified atom stereocenters. The van der Waals surface area contributed by atoms with Crippen LogP contribution in [0, 0.1) is 13.8 Å². The number of halogens is 1. The lowest BCUT2D eigenvalue weighted by atomic mass is 10.2. The zero-order chi connectivity index (χ0) is 19.9. The van der Waals surface area contributed by atoms with Gasteiger partial charge in [-0.3, -0.25) is 4.79 Å². The molecule has 0 spiro atoms. The van der Waals surface area contributed by atoms with E-state index in [1.165, 1.54) is 0 Å². The molecule has 5 nitrogen and oxygen atoms in total. The first-order valence-corrected chi connectivity index (χ1v) is 10.2. The third kappa shape index (κ3) is 5.30. The van der Waals surface area contributed by atoms with Crippen molar-refractivity contribution in [3.8, 4) is 5.75 Å². The number of hydrogen-bond donors (Lipinski definition) is 1. The first-order chi connectivity index (χ1) is 13.5. The second-order valence-corrected chi connectivity index (χ2v) is 7.60. The van der Waals surface area contributed by atoms with Crippen LogP contribution in [-0.4, -0.2) is 24.2 Å². The van der Waals surface area contributed by atoms with E-state index in [-0.39, 0.29) is 5.91 Å². The second kappa shape index (κ2) is 9.66. The van der Waals surface area contributed by atoms with Gasteiger partial charge >= 0.3 is 0 Å². The van der Waals surface area contributed by atoms with Crippen molar-refractivity contribution in [1.29, 1.82) is 0 Å². The molecule has 7 heteroatoms. The topological polar surface area (TPSA) is 64.4 Å². The van der Waals surface area contributed by atoms with E-state index in [1.807, 2.05) is 38.1 Å². The summed E-state index contributed by atoms with van der Waals surface area (Å²) in [5.41, 5.74) is 2.59. The summed E-state index contributed by atoms with van der Waals surface area (Å²) in [4.78, 5) is 13.5. The molecule has 0 radical (unpaired) electrons. The fourth-order valence-electron chi connectivity index (χ4n) is 2.60. The number of thioether (sulfide) groups is 1.